The molecule has 25 heavy (non-hydrogen) atoms. The van der Waals surface area contributed by atoms with Gasteiger partial charge >= 0.3 is 0 Å². The van der Waals surface area contributed by atoms with E-state index in [2.05, 4.69) is 53.6 Å². The molecule has 1 heterocycles. The molecule has 0 saturated heterocycles. The molecule has 0 fully saturated rings. The Kier molecular flexibility index (Phi) is 4.98. The summed E-state index contributed by atoms with van der Waals surface area (Å²) >= 11 is 0. The van der Waals surface area contributed by atoms with E-state index in [1.165, 1.54) is 5.56 Å². The lowest BCUT2D eigenvalue weighted by Crippen LogP contribution is -2.15. The van der Waals surface area contributed by atoms with E-state index >= 15 is 0 Å². The fourth-order valence-corrected chi connectivity index (χ4v) is 2.95. The number of carbonyl (C=O) groups excluding carboxylic acids is 1. The van der Waals surface area contributed by atoms with E-state index in [0.29, 0.717) is 12.2 Å². The Hall–Kier alpha value is -2.88. The van der Waals surface area contributed by atoms with Crippen LogP contribution in [0.5, 0.6) is 0 Å². The zero-order valence-corrected chi connectivity index (χ0v) is 14.8. The van der Waals surface area contributed by atoms with Crippen LogP contribution in [-0.2, 0) is 4.79 Å². The van der Waals surface area contributed by atoms with Crippen LogP contribution in [-0.4, -0.2) is 16.1 Å². The van der Waals surface area contributed by atoms with Gasteiger partial charge in [0.25, 0.3) is 0 Å². The predicted octanol–water partition coefficient (Wildman–Crippen LogP) is 4.83. The Morgan fingerprint density at radius 3 is 2.44 bits per heavy atom. The molecule has 0 spiro atoms. The quantitative estimate of drug-likeness (QED) is 0.703. The fourth-order valence-electron chi connectivity index (χ4n) is 2.95. The first-order valence-electron chi connectivity index (χ1n) is 8.51. The molecule has 1 amide bonds. The molecule has 2 N–H and O–H groups in total. The van der Waals surface area contributed by atoms with Crippen molar-refractivity contribution in [1.82, 2.24) is 10.2 Å². The Balaban J connectivity index is 1.75. The molecule has 0 saturated carbocycles. The fraction of sp³-hybridized carbons (Fsp3) is 0.238. The van der Waals surface area contributed by atoms with Gasteiger partial charge in [-0.1, -0.05) is 67.1 Å². The van der Waals surface area contributed by atoms with E-state index in [1.807, 2.05) is 37.3 Å². The number of aryl methyl sites for hydroxylation is 2. The van der Waals surface area contributed by atoms with Gasteiger partial charge in [-0.2, -0.15) is 5.10 Å². The first kappa shape index (κ1) is 17.0. The standard InChI is InChI=1S/C21H23N3O/c1-14-9-11-18(12-10-14)20-16(3)23-24-21(20)22-19(25)13-15(2)17-7-5-4-6-8-17/h4-12,15H,13H2,1-3H3,(H2,22,23,24,25). The maximum Gasteiger partial charge on any atom is 0.226 e. The van der Waals surface area contributed by atoms with Crippen LogP contribution in [0.4, 0.5) is 5.82 Å². The Morgan fingerprint density at radius 2 is 1.76 bits per heavy atom. The van der Waals surface area contributed by atoms with Gasteiger partial charge in [-0.25, -0.2) is 0 Å². The lowest BCUT2D eigenvalue weighted by atomic mass is 9.97. The normalized spacial score (nSPS) is 12.0. The van der Waals surface area contributed by atoms with E-state index in [1.54, 1.807) is 0 Å². The van der Waals surface area contributed by atoms with Crippen LogP contribution >= 0.6 is 0 Å². The average Bonchev–Trinajstić information content (AvgIpc) is 2.96. The van der Waals surface area contributed by atoms with Gasteiger partial charge < -0.3 is 5.32 Å². The third kappa shape index (κ3) is 3.97. The molecule has 3 aromatic rings. The summed E-state index contributed by atoms with van der Waals surface area (Å²) in [6.45, 7) is 6.08. The van der Waals surface area contributed by atoms with Gasteiger partial charge in [-0.15, -0.1) is 0 Å². The van der Waals surface area contributed by atoms with Crippen LogP contribution in [0.25, 0.3) is 11.1 Å². The minimum absolute atomic E-state index is 0.0313. The second kappa shape index (κ2) is 7.34. The minimum Gasteiger partial charge on any atom is -0.309 e. The highest BCUT2D eigenvalue weighted by molar-refractivity contribution is 5.95. The molecule has 128 valence electrons. The number of nitrogens with one attached hydrogen (secondary N) is 2. The van der Waals surface area contributed by atoms with Crippen molar-refractivity contribution in [2.24, 2.45) is 0 Å². The number of hydrogen-bond donors (Lipinski definition) is 2. The van der Waals surface area contributed by atoms with Crippen molar-refractivity contribution in [3.8, 4) is 11.1 Å². The molecule has 0 bridgehead atoms. The number of aromatic nitrogens is 2. The topological polar surface area (TPSA) is 57.8 Å². The molecule has 0 radical (unpaired) electrons. The van der Waals surface area contributed by atoms with Crippen LogP contribution in [0.3, 0.4) is 0 Å². The summed E-state index contributed by atoms with van der Waals surface area (Å²) in [5, 5.41) is 10.2. The summed E-state index contributed by atoms with van der Waals surface area (Å²) in [5.74, 6) is 0.715. The highest BCUT2D eigenvalue weighted by Gasteiger charge is 2.17. The maximum absolute atomic E-state index is 12.5. The molecule has 1 aromatic heterocycles. The number of nitrogens with zero attached hydrogens (tertiary/aromatic N) is 1. The lowest BCUT2D eigenvalue weighted by Gasteiger charge is -2.12. The zero-order chi connectivity index (χ0) is 17.8. The zero-order valence-electron chi connectivity index (χ0n) is 14.8. The van der Waals surface area contributed by atoms with Gasteiger partial charge in [0.15, 0.2) is 5.82 Å². The van der Waals surface area contributed by atoms with Gasteiger partial charge in [-0.3, -0.25) is 9.89 Å². The first-order chi connectivity index (χ1) is 12.0. The predicted molar refractivity (Wildman–Crippen MR) is 102 cm³/mol. The molecule has 4 heteroatoms. The van der Waals surface area contributed by atoms with Crippen LogP contribution in [0, 0.1) is 13.8 Å². The second-order valence-corrected chi connectivity index (χ2v) is 6.50. The minimum atomic E-state index is -0.0313. The molecule has 1 unspecified atom stereocenters. The highest BCUT2D eigenvalue weighted by atomic mass is 16.1. The van der Waals surface area contributed by atoms with Gasteiger partial charge in [-0.05, 0) is 30.9 Å². The second-order valence-electron chi connectivity index (χ2n) is 6.50. The summed E-state index contributed by atoms with van der Waals surface area (Å²) in [7, 11) is 0. The van der Waals surface area contributed by atoms with Gasteiger partial charge in [0.1, 0.15) is 0 Å². The molecule has 0 aliphatic carbocycles. The number of amides is 1. The summed E-state index contributed by atoms with van der Waals surface area (Å²) < 4.78 is 0. The van der Waals surface area contributed by atoms with Crippen molar-refractivity contribution in [2.45, 2.75) is 33.1 Å². The van der Waals surface area contributed by atoms with E-state index in [4.69, 9.17) is 0 Å². The molecular weight excluding hydrogens is 310 g/mol. The third-order valence-corrected chi connectivity index (χ3v) is 4.41. The van der Waals surface area contributed by atoms with E-state index in [0.717, 1.165) is 22.4 Å². The van der Waals surface area contributed by atoms with Crippen molar-refractivity contribution < 1.29 is 4.79 Å². The number of carbonyl (C=O) groups is 1. The molecule has 0 aliphatic rings. The third-order valence-electron chi connectivity index (χ3n) is 4.41. The van der Waals surface area contributed by atoms with E-state index in [9.17, 15) is 4.79 Å². The van der Waals surface area contributed by atoms with Gasteiger partial charge in [0.2, 0.25) is 5.91 Å². The number of hydrogen-bond acceptors (Lipinski definition) is 2. The Labute approximate surface area is 148 Å². The number of benzene rings is 2. The SMILES string of the molecule is Cc1ccc(-c2c(NC(=O)CC(C)c3ccccc3)n[nH]c2C)cc1. The summed E-state index contributed by atoms with van der Waals surface area (Å²) in [4.78, 5) is 12.5. The van der Waals surface area contributed by atoms with Crippen LogP contribution in [0.15, 0.2) is 54.6 Å². The maximum atomic E-state index is 12.5. The van der Waals surface area contributed by atoms with Crippen molar-refractivity contribution in [1.29, 1.82) is 0 Å². The van der Waals surface area contributed by atoms with Crippen molar-refractivity contribution in [3.63, 3.8) is 0 Å². The number of anilines is 1. The van der Waals surface area contributed by atoms with Crippen LogP contribution in [0.1, 0.15) is 36.1 Å². The van der Waals surface area contributed by atoms with Crippen molar-refractivity contribution in [3.05, 3.63) is 71.4 Å². The summed E-state index contributed by atoms with van der Waals surface area (Å²) in [5.41, 5.74) is 5.29. The number of H-pyrrole nitrogens is 1. The van der Waals surface area contributed by atoms with Crippen LogP contribution < -0.4 is 5.32 Å². The summed E-state index contributed by atoms with van der Waals surface area (Å²) in [6, 6.07) is 18.3. The van der Waals surface area contributed by atoms with E-state index in [-0.39, 0.29) is 11.8 Å². The molecule has 4 nitrogen and oxygen atoms in total. The monoisotopic (exact) mass is 333 g/mol. The number of rotatable bonds is 5. The molecule has 3 rings (SSSR count). The number of aromatic amines is 1. The van der Waals surface area contributed by atoms with Crippen LogP contribution in [0.2, 0.25) is 0 Å². The molecule has 2 aromatic carbocycles. The van der Waals surface area contributed by atoms with Crippen molar-refractivity contribution >= 4 is 11.7 Å². The highest BCUT2D eigenvalue weighted by Crippen LogP contribution is 2.30. The van der Waals surface area contributed by atoms with Gasteiger partial charge in [0, 0.05) is 17.7 Å². The van der Waals surface area contributed by atoms with E-state index < -0.39 is 0 Å². The first-order valence-corrected chi connectivity index (χ1v) is 8.51. The molecular formula is C21H23N3O. The summed E-state index contributed by atoms with van der Waals surface area (Å²) in [6.07, 6.45) is 0.420. The molecule has 1 atom stereocenters. The molecule has 0 aliphatic heterocycles. The van der Waals surface area contributed by atoms with Crippen molar-refractivity contribution in [2.75, 3.05) is 5.32 Å². The smallest absolute Gasteiger partial charge is 0.226 e. The average molecular weight is 333 g/mol. The Morgan fingerprint density at radius 1 is 1.08 bits per heavy atom. The van der Waals surface area contributed by atoms with Gasteiger partial charge in [0.05, 0.1) is 0 Å². The Bertz CT molecular complexity index is 851. The largest absolute Gasteiger partial charge is 0.309 e. The lowest BCUT2D eigenvalue weighted by molar-refractivity contribution is -0.116.